The molecule has 1 aromatic carbocycles. The van der Waals surface area contributed by atoms with E-state index < -0.39 is 21.5 Å². The monoisotopic (exact) mass is 289 g/mol. The fraction of sp³-hybridized carbons (Fsp3) is 0.417. The largest absolute Gasteiger partial charge is 0.353 e. The van der Waals surface area contributed by atoms with Crippen molar-refractivity contribution in [1.29, 1.82) is 0 Å². The molecular formula is C12H16ClNO3S. The molecule has 18 heavy (non-hydrogen) atoms. The van der Waals surface area contributed by atoms with Gasteiger partial charge in [-0.05, 0) is 37.6 Å². The number of halogens is 1. The average Bonchev–Trinajstić information content (AvgIpc) is 2.28. The van der Waals surface area contributed by atoms with Crippen molar-refractivity contribution in [3.63, 3.8) is 0 Å². The molecule has 0 radical (unpaired) electrons. The molecule has 0 saturated heterocycles. The maximum atomic E-state index is 11.9. The van der Waals surface area contributed by atoms with E-state index in [0.717, 1.165) is 6.42 Å². The van der Waals surface area contributed by atoms with Crippen LogP contribution < -0.4 is 5.32 Å². The Morgan fingerprint density at radius 2 is 1.89 bits per heavy atom. The van der Waals surface area contributed by atoms with Gasteiger partial charge in [0, 0.05) is 11.1 Å². The standard InChI is InChI=1S/C12H16ClNO3S/c1-3-9(2)14-12(15)8-18(16,17)11-6-4-10(13)5-7-11/h4-7,9H,3,8H2,1-2H3,(H,14,15)/t9-/m1/s1. The zero-order chi connectivity index (χ0) is 13.8. The van der Waals surface area contributed by atoms with Crippen molar-refractivity contribution >= 4 is 27.3 Å². The van der Waals surface area contributed by atoms with Crippen LogP contribution in [0.5, 0.6) is 0 Å². The van der Waals surface area contributed by atoms with E-state index in [9.17, 15) is 13.2 Å². The number of hydrogen-bond acceptors (Lipinski definition) is 3. The number of hydrogen-bond donors (Lipinski definition) is 1. The highest BCUT2D eigenvalue weighted by Gasteiger charge is 2.19. The summed E-state index contributed by atoms with van der Waals surface area (Å²) in [5, 5.41) is 3.08. The van der Waals surface area contributed by atoms with Crippen molar-refractivity contribution in [3.8, 4) is 0 Å². The van der Waals surface area contributed by atoms with Gasteiger partial charge in [0.15, 0.2) is 9.84 Å². The fourth-order valence-electron chi connectivity index (χ4n) is 1.32. The van der Waals surface area contributed by atoms with E-state index in [1.807, 2.05) is 13.8 Å². The van der Waals surface area contributed by atoms with Crippen LogP contribution in [0.25, 0.3) is 0 Å². The molecule has 0 aliphatic heterocycles. The third kappa shape index (κ3) is 4.31. The van der Waals surface area contributed by atoms with Crippen LogP contribution in [0, 0.1) is 0 Å². The summed E-state index contributed by atoms with van der Waals surface area (Å²) < 4.78 is 23.8. The molecule has 0 saturated carbocycles. The summed E-state index contributed by atoms with van der Waals surface area (Å²) in [5.41, 5.74) is 0. The highest BCUT2D eigenvalue weighted by molar-refractivity contribution is 7.92. The fourth-order valence-corrected chi connectivity index (χ4v) is 2.59. The third-order valence-corrected chi connectivity index (χ3v) is 4.40. The summed E-state index contributed by atoms with van der Waals surface area (Å²) in [6, 6.07) is 5.74. The zero-order valence-corrected chi connectivity index (χ0v) is 11.9. The van der Waals surface area contributed by atoms with E-state index >= 15 is 0 Å². The van der Waals surface area contributed by atoms with Gasteiger partial charge < -0.3 is 5.32 Å². The Morgan fingerprint density at radius 3 is 2.39 bits per heavy atom. The van der Waals surface area contributed by atoms with Gasteiger partial charge >= 0.3 is 0 Å². The average molecular weight is 290 g/mol. The molecule has 0 unspecified atom stereocenters. The van der Waals surface area contributed by atoms with Crippen LogP contribution in [-0.4, -0.2) is 26.1 Å². The summed E-state index contributed by atoms with van der Waals surface area (Å²) in [6.45, 7) is 3.74. The van der Waals surface area contributed by atoms with Crippen LogP contribution in [0.2, 0.25) is 5.02 Å². The van der Waals surface area contributed by atoms with Crippen LogP contribution in [0.1, 0.15) is 20.3 Å². The topological polar surface area (TPSA) is 63.2 Å². The van der Waals surface area contributed by atoms with Crippen molar-refractivity contribution in [2.75, 3.05) is 5.75 Å². The Bertz CT molecular complexity index is 511. The molecule has 0 bridgehead atoms. The van der Waals surface area contributed by atoms with Crippen LogP contribution >= 0.6 is 11.6 Å². The van der Waals surface area contributed by atoms with Gasteiger partial charge in [0.25, 0.3) is 0 Å². The van der Waals surface area contributed by atoms with E-state index in [-0.39, 0.29) is 10.9 Å². The molecule has 0 heterocycles. The molecular weight excluding hydrogens is 274 g/mol. The molecule has 0 aromatic heterocycles. The van der Waals surface area contributed by atoms with E-state index in [1.54, 1.807) is 0 Å². The second-order valence-electron chi connectivity index (χ2n) is 4.09. The number of sulfone groups is 1. The molecule has 1 atom stereocenters. The van der Waals surface area contributed by atoms with Crippen LogP contribution in [-0.2, 0) is 14.6 Å². The Balaban J connectivity index is 2.76. The van der Waals surface area contributed by atoms with Crippen molar-refractivity contribution in [1.82, 2.24) is 5.32 Å². The van der Waals surface area contributed by atoms with E-state index in [0.29, 0.717) is 5.02 Å². The summed E-state index contributed by atoms with van der Waals surface area (Å²) in [5.74, 6) is -1.03. The van der Waals surface area contributed by atoms with Gasteiger partial charge in [-0.15, -0.1) is 0 Å². The molecule has 1 amide bonds. The normalized spacial score (nSPS) is 13.1. The van der Waals surface area contributed by atoms with E-state index in [2.05, 4.69) is 5.32 Å². The summed E-state index contributed by atoms with van der Waals surface area (Å²) in [6.07, 6.45) is 0.757. The molecule has 1 aromatic rings. The predicted molar refractivity (Wildman–Crippen MR) is 71.4 cm³/mol. The van der Waals surface area contributed by atoms with Crippen molar-refractivity contribution in [2.45, 2.75) is 31.2 Å². The van der Waals surface area contributed by atoms with Crippen LogP contribution in [0.3, 0.4) is 0 Å². The van der Waals surface area contributed by atoms with Gasteiger partial charge in [-0.3, -0.25) is 4.79 Å². The van der Waals surface area contributed by atoms with Gasteiger partial charge in [-0.1, -0.05) is 18.5 Å². The van der Waals surface area contributed by atoms with Crippen molar-refractivity contribution < 1.29 is 13.2 Å². The minimum atomic E-state index is -3.60. The van der Waals surface area contributed by atoms with E-state index in [1.165, 1.54) is 24.3 Å². The number of carbonyl (C=O) groups is 1. The summed E-state index contributed by atoms with van der Waals surface area (Å²) in [7, 11) is -3.60. The van der Waals surface area contributed by atoms with Crippen LogP contribution in [0.4, 0.5) is 0 Å². The SMILES string of the molecule is CC[C@@H](C)NC(=O)CS(=O)(=O)c1ccc(Cl)cc1. The first-order valence-electron chi connectivity index (χ1n) is 5.63. The number of rotatable bonds is 5. The molecule has 100 valence electrons. The first kappa shape index (κ1) is 15.0. The quantitative estimate of drug-likeness (QED) is 0.902. The lowest BCUT2D eigenvalue weighted by atomic mass is 10.3. The number of nitrogens with one attached hydrogen (secondary N) is 1. The lowest BCUT2D eigenvalue weighted by Crippen LogP contribution is -2.36. The second kappa shape index (κ2) is 6.20. The van der Waals surface area contributed by atoms with Crippen molar-refractivity contribution in [3.05, 3.63) is 29.3 Å². The predicted octanol–water partition coefficient (Wildman–Crippen LogP) is 2.03. The number of benzene rings is 1. The highest BCUT2D eigenvalue weighted by Crippen LogP contribution is 2.15. The molecule has 1 rings (SSSR count). The van der Waals surface area contributed by atoms with Gasteiger partial charge in [0.1, 0.15) is 5.75 Å². The van der Waals surface area contributed by atoms with Gasteiger partial charge in [0.05, 0.1) is 4.90 Å². The Labute approximate surface area is 112 Å². The minimum absolute atomic E-state index is 0.0297. The molecule has 6 heteroatoms. The van der Waals surface area contributed by atoms with Crippen molar-refractivity contribution in [2.24, 2.45) is 0 Å². The van der Waals surface area contributed by atoms with Gasteiger partial charge in [-0.2, -0.15) is 0 Å². The number of carbonyl (C=O) groups excluding carboxylic acids is 1. The maximum absolute atomic E-state index is 11.9. The Kier molecular flexibility index (Phi) is 5.16. The smallest absolute Gasteiger partial charge is 0.235 e. The van der Waals surface area contributed by atoms with Crippen LogP contribution in [0.15, 0.2) is 29.2 Å². The maximum Gasteiger partial charge on any atom is 0.235 e. The van der Waals surface area contributed by atoms with Gasteiger partial charge in [-0.25, -0.2) is 8.42 Å². The molecule has 1 N–H and O–H groups in total. The molecule has 0 aliphatic rings. The first-order chi connectivity index (χ1) is 8.35. The Hall–Kier alpha value is -1.07. The third-order valence-electron chi connectivity index (χ3n) is 2.51. The molecule has 0 aliphatic carbocycles. The molecule has 0 fully saturated rings. The minimum Gasteiger partial charge on any atom is -0.353 e. The molecule has 0 spiro atoms. The zero-order valence-electron chi connectivity index (χ0n) is 10.3. The second-order valence-corrected chi connectivity index (χ2v) is 6.52. The lowest BCUT2D eigenvalue weighted by Gasteiger charge is -2.11. The highest BCUT2D eigenvalue weighted by atomic mass is 35.5. The first-order valence-corrected chi connectivity index (χ1v) is 7.66. The number of amides is 1. The molecule has 4 nitrogen and oxygen atoms in total. The summed E-state index contributed by atoms with van der Waals surface area (Å²) in [4.78, 5) is 11.7. The summed E-state index contributed by atoms with van der Waals surface area (Å²) >= 11 is 5.68. The van der Waals surface area contributed by atoms with Gasteiger partial charge in [0.2, 0.25) is 5.91 Å². The van der Waals surface area contributed by atoms with E-state index in [4.69, 9.17) is 11.6 Å². The Morgan fingerprint density at radius 1 is 1.33 bits per heavy atom. The lowest BCUT2D eigenvalue weighted by molar-refractivity contribution is -0.119.